The highest BCUT2D eigenvalue weighted by Crippen LogP contribution is 2.31. The van der Waals surface area contributed by atoms with Crippen LogP contribution in [0.5, 0.6) is 0 Å². The van der Waals surface area contributed by atoms with Gasteiger partial charge in [0.15, 0.2) is 0 Å². The van der Waals surface area contributed by atoms with Gasteiger partial charge in [-0.05, 0) is 49.4 Å². The first-order valence-electron chi connectivity index (χ1n) is 18.8. The summed E-state index contributed by atoms with van der Waals surface area (Å²) in [5.41, 5.74) is 3.41. The second-order valence-electron chi connectivity index (χ2n) is 15.7. The smallest absolute Gasteiger partial charge is 0.311 e. The van der Waals surface area contributed by atoms with Gasteiger partial charge in [0, 0.05) is 36.5 Å². The zero-order chi connectivity index (χ0) is 39.1. The lowest BCUT2D eigenvalue weighted by Gasteiger charge is -2.31. The first-order valence-corrected chi connectivity index (χ1v) is 18.8. The maximum Gasteiger partial charge on any atom is 0.311 e. The standard InChI is InChI=1S/C42H59N3O8/c1-8-42(3,41(50)53-30-27-45(6,7)25-21-39(47)48)22-19-32(2)40(49)52-29-26-44(4,5)24-20-38(46)43-23-28-51-37-31-35-15-10-9-13-33(35)17-18-34-14-11-12-16-36(34)37/h9-16,32,37H,8,19-31H2,1-7H3/p+1. The van der Waals surface area contributed by atoms with Crippen LogP contribution in [0, 0.1) is 23.2 Å². The molecule has 11 heteroatoms. The van der Waals surface area contributed by atoms with E-state index in [9.17, 15) is 24.3 Å². The number of quaternary nitrogens is 2. The number of benzene rings is 2. The molecule has 1 N–H and O–H groups in total. The largest absolute Gasteiger partial charge is 0.550 e. The Hall–Kier alpha value is -4.24. The van der Waals surface area contributed by atoms with Gasteiger partial charge < -0.3 is 38.4 Å². The number of aliphatic carboxylic acids is 1. The number of carbonyl (C=O) groups is 4. The molecule has 2 aromatic rings. The molecule has 290 valence electrons. The summed E-state index contributed by atoms with van der Waals surface area (Å²) in [5, 5.41) is 13.8. The fourth-order valence-electron chi connectivity index (χ4n) is 5.98. The van der Waals surface area contributed by atoms with Gasteiger partial charge in [-0.2, -0.15) is 0 Å². The Morgan fingerprint density at radius 2 is 1.47 bits per heavy atom. The van der Waals surface area contributed by atoms with Crippen LogP contribution in [0.25, 0.3) is 0 Å². The minimum atomic E-state index is -1.10. The van der Waals surface area contributed by atoms with Gasteiger partial charge in [-0.3, -0.25) is 14.4 Å². The molecule has 1 amide bonds. The van der Waals surface area contributed by atoms with Crippen molar-refractivity contribution in [1.29, 1.82) is 0 Å². The second kappa shape index (κ2) is 20.3. The summed E-state index contributed by atoms with van der Waals surface area (Å²) in [6.07, 6.45) is 2.31. The molecule has 3 atom stereocenters. The van der Waals surface area contributed by atoms with Gasteiger partial charge in [-0.25, -0.2) is 0 Å². The number of likely N-dealkylation sites (N-methyl/N-ethyl adjacent to an activating group) is 2. The summed E-state index contributed by atoms with van der Waals surface area (Å²) in [7, 11) is 7.77. The van der Waals surface area contributed by atoms with E-state index in [0.29, 0.717) is 80.4 Å². The number of hydrogen-bond donors (Lipinski definition) is 1. The maximum absolute atomic E-state index is 13.0. The topological polar surface area (TPSA) is 131 Å². The Labute approximate surface area is 316 Å². The van der Waals surface area contributed by atoms with E-state index in [1.54, 1.807) is 6.92 Å². The predicted octanol–water partition coefficient (Wildman–Crippen LogP) is 3.42. The first-order chi connectivity index (χ1) is 25.0. The van der Waals surface area contributed by atoms with Crippen LogP contribution >= 0.6 is 0 Å². The highest BCUT2D eigenvalue weighted by atomic mass is 16.5. The molecule has 0 radical (unpaired) electrons. The third-order valence-corrected chi connectivity index (χ3v) is 10.3. The molecular weight excluding hydrogens is 674 g/mol. The molecule has 2 aromatic carbocycles. The minimum absolute atomic E-state index is 0.0588. The molecule has 0 aliphatic heterocycles. The van der Waals surface area contributed by atoms with Crippen LogP contribution in [0.4, 0.5) is 0 Å². The Morgan fingerprint density at radius 1 is 0.868 bits per heavy atom. The Bertz CT molecular complexity index is 1610. The number of nitrogens with zero attached hydrogens (tertiary/aromatic N) is 2. The fraction of sp³-hybridized carbons (Fsp3) is 0.571. The van der Waals surface area contributed by atoms with Crippen molar-refractivity contribution >= 4 is 23.8 Å². The monoisotopic (exact) mass is 734 g/mol. The van der Waals surface area contributed by atoms with E-state index in [2.05, 4.69) is 29.3 Å². The molecule has 0 fully saturated rings. The van der Waals surface area contributed by atoms with Gasteiger partial charge in [0.2, 0.25) is 5.91 Å². The van der Waals surface area contributed by atoms with Crippen molar-refractivity contribution in [1.82, 2.24) is 5.32 Å². The molecule has 11 nitrogen and oxygen atoms in total. The third kappa shape index (κ3) is 14.6. The van der Waals surface area contributed by atoms with E-state index in [1.165, 1.54) is 0 Å². The lowest BCUT2D eigenvalue weighted by atomic mass is 9.81. The number of carboxylic acids is 1. The van der Waals surface area contributed by atoms with Crippen molar-refractivity contribution in [2.45, 2.75) is 65.4 Å². The van der Waals surface area contributed by atoms with Crippen molar-refractivity contribution in [2.24, 2.45) is 11.3 Å². The predicted molar refractivity (Wildman–Crippen MR) is 201 cm³/mol. The van der Waals surface area contributed by atoms with Crippen molar-refractivity contribution < 1.29 is 47.5 Å². The van der Waals surface area contributed by atoms with Gasteiger partial charge in [-0.15, -0.1) is 0 Å². The second-order valence-corrected chi connectivity index (χ2v) is 15.7. The summed E-state index contributed by atoms with van der Waals surface area (Å²) in [5.74, 6) is 4.39. The quantitative estimate of drug-likeness (QED) is 0.0844. The van der Waals surface area contributed by atoms with E-state index in [0.717, 1.165) is 22.3 Å². The number of amides is 1. The number of esters is 2. The summed E-state index contributed by atoms with van der Waals surface area (Å²) < 4.78 is 18.4. The molecule has 0 bridgehead atoms. The lowest BCUT2D eigenvalue weighted by Crippen LogP contribution is -2.45. The zero-order valence-corrected chi connectivity index (χ0v) is 32.8. The molecule has 3 rings (SSSR count). The van der Waals surface area contributed by atoms with E-state index in [4.69, 9.17) is 14.2 Å². The zero-order valence-electron chi connectivity index (χ0n) is 32.8. The van der Waals surface area contributed by atoms with Gasteiger partial charge in [-0.1, -0.05) is 62.1 Å². The van der Waals surface area contributed by atoms with Crippen molar-refractivity contribution in [3.05, 3.63) is 70.8 Å². The number of fused-ring (bicyclic) bond motifs is 2. The van der Waals surface area contributed by atoms with E-state index in [-0.39, 0.29) is 43.6 Å². The van der Waals surface area contributed by atoms with Crippen molar-refractivity contribution in [3.63, 3.8) is 0 Å². The van der Waals surface area contributed by atoms with Crippen LogP contribution in [-0.4, -0.2) is 114 Å². The number of carbonyl (C=O) groups excluding carboxylic acids is 4. The van der Waals surface area contributed by atoms with Crippen LogP contribution in [0.2, 0.25) is 0 Å². The molecule has 3 unspecified atom stereocenters. The van der Waals surface area contributed by atoms with Crippen molar-refractivity contribution in [2.75, 3.05) is 80.7 Å². The Morgan fingerprint density at radius 3 is 2.15 bits per heavy atom. The SMILES string of the molecule is CCC(C)(CCC(C)C(=O)OCC[N+](C)(C)CCC(=O)NCCOC1Cc2ccccc2C#Cc2ccccc21)C(=O)OCC[N+](C)(C)CCC(=O)[O-]. The van der Waals surface area contributed by atoms with Crippen LogP contribution in [0.1, 0.15) is 81.2 Å². The van der Waals surface area contributed by atoms with Gasteiger partial charge in [0.05, 0.1) is 71.7 Å². The summed E-state index contributed by atoms with van der Waals surface area (Å²) in [6, 6.07) is 16.2. The average Bonchev–Trinajstić information content (AvgIpc) is 3.12. The van der Waals surface area contributed by atoms with E-state index in [1.807, 2.05) is 78.4 Å². The number of nitrogens with one attached hydrogen (secondary N) is 1. The third-order valence-electron chi connectivity index (χ3n) is 10.3. The normalized spacial score (nSPS) is 15.6. The number of carboxylic acid groups (broad SMARTS) is 1. The lowest BCUT2D eigenvalue weighted by molar-refractivity contribution is -0.890. The molecule has 1 aliphatic rings. The molecule has 0 spiro atoms. The average molecular weight is 735 g/mol. The molecule has 0 saturated carbocycles. The first kappa shape index (κ1) is 43.2. The molecular formula is C42H60N3O8+. The fourth-order valence-corrected chi connectivity index (χ4v) is 5.98. The molecule has 0 aromatic heterocycles. The number of ether oxygens (including phenoxy) is 3. The van der Waals surface area contributed by atoms with E-state index >= 15 is 0 Å². The van der Waals surface area contributed by atoms with Crippen LogP contribution in [0.3, 0.4) is 0 Å². The molecule has 0 saturated heterocycles. The minimum Gasteiger partial charge on any atom is -0.550 e. The summed E-state index contributed by atoms with van der Waals surface area (Å²) >= 11 is 0. The maximum atomic E-state index is 13.0. The highest BCUT2D eigenvalue weighted by Gasteiger charge is 2.34. The van der Waals surface area contributed by atoms with Crippen molar-refractivity contribution in [3.8, 4) is 11.8 Å². The number of rotatable bonds is 22. The summed E-state index contributed by atoms with van der Waals surface area (Å²) in [6.45, 7) is 8.74. The van der Waals surface area contributed by atoms with E-state index < -0.39 is 17.3 Å². The summed E-state index contributed by atoms with van der Waals surface area (Å²) in [4.78, 5) is 49.3. The Balaban J connectivity index is 1.34. The van der Waals surface area contributed by atoms with Gasteiger partial charge in [0.25, 0.3) is 0 Å². The van der Waals surface area contributed by atoms with Crippen LogP contribution in [-0.2, 0) is 39.8 Å². The van der Waals surface area contributed by atoms with Gasteiger partial charge >= 0.3 is 11.9 Å². The van der Waals surface area contributed by atoms with Gasteiger partial charge in [0.1, 0.15) is 26.3 Å². The van der Waals surface area contributed by atoms with Crippen LogP contribution in [0.15, 0.2) is 48.5 Å². The Kier molecular flexibility index (Phi) is 16.5. The molecule has 1 aliphatic carbocycles. The van der Waals surface area contributed by atoms with Crippen LogP contribution < -0.4 is 10.4 Å². The highest BCUT2D eigenvalue weighted by molar-refractivity contribution is 5.77. The molecule has 53 heavy (non-hydrogen) atoms. The molecule has 0 heterocycles. The number of hydrogen-bond acceptors (Lipinski definition) is 8.